The third kappa shape index (κ3) is 5.60. The summed E-state index contributed by atoms with van der Waals surface area (Å²) in [7, 11) is 0. The molecule has 0 radical (unpaired) electrons. The van der Waals surface area contributed by atoms with Crippen LogP contribution in [0.25, 0.3) is 0 Å². The zero-order chi connectivity index (χ0) is 5.91. The van der Waals surface area contributed by atoms with Crippen LogP contribution in [0.2, 0.25) is 0 Å². The minimum atomic E-state index is -2.63. The molecule has 0 atom stereocenters. The molecule has 0 unspecified atom stereocenters. The summed E-state index contributed by atoms with van der Waals surface area (Å²) in [6.45, 7) is 2.42. The molecule has 0 saturated heterocycles. The van der Waals surface area contributed by atoms with Crippen LogP contribution in [0, 0.1) is 0 Å². The van der Waals surface area contributed by atoms with Crippen LogP contribution in [0.3, 0.4) is 0 Å². The quantitative estimate of drug-likeness (QED) is 0.449. The molecule has 0 aliphatic heterocycles. The summed E-state index contributed by atoms with van der Waals surface area (Å²) in [5.74, 6) is -2.63. The van der Waals surface area contributed by atoms with E-state index in [0.717, 1.165) is 13.0 Å². The van der Waals surface area contributed by atoms with Gasteiger partial charge in [0.05, 0.1) is 0 Å². The van der Waals surface area contributed by atoms with Gasteiger partial charge in [-0.05, 0) is 13.0 Å². The molecule has 42 valence electrons. The van der Waals surface area contributed by atoms with Gasteiger partial charge in [-0.1, -0.05) is 6.08 Å². The first kappa shape index (κ1) is 6.60. The number of hydrogen-bond acceptors (Lipinski definition) is 0. The van der Waals surface area contributed by atoms with Gasteiger partial charge in [-0.25, -0.2) is 8.78 Å². The molecule has 0 amide bonds. The van der Waals surface area contributed by atoms with Gasteiger partial charge in [-0.3, -0.25) is 0 Å². The summed E-state index contributed by atoms with van der Waals surface area (Å²) in [5.41, 5.74) is 0. The first-order valence-corrected chi connectivity index (χ1v) is 2.08. The van der Waals surface area contributed by atoms with E-state index in [4.69, 9.17) is 0 Å². The third-order valence-electron chi connectivity index (χ3n) is 0.459. The molecule has 2 heteroatoms. The molecule has 0 N–H and O–H groups in total. The van der Waals surface area contributed by atoms with E-state index in [9.17, 15) is 8.78 Å². The first-order valence-electron chi connectivity index (χ1n) is 2.08. The summed E-state index contributed by atoms with van der Waals surface area (Å²) < 4.78 is 23.3. The lowest BCUT2D eigenvalue weighted by Crippen LogP contribution is -2.02. The van der Waals surface area contributed by atoms with E-state index < -0.39 is 5.92 Å². The maximum absolute atomic E-state index is 11.6. The van der Waals surface area contributed by atoms with Crippen LogP contribution >= 0.6 is 0 Å². The van der Waals surface area contributed by atoms with Crippen molar-refractivity contribution in [3.05, 3.63) is 12.2 Å². The zero-order valence-electron chi connectivity index (χ0n) is 4.41. The number of rotatable bonds is 1. The molecule has 0 aromatic carbocycles. The van der Waals surface area contributed by atoms with Gasteiger partial charge in [0, 0.05) is 6.92 Å². The third-order valence-corrected chi connectivity index (χ3v) is 0.459. The van der Waals surface area contributed by atoms with Crippen molar-refractivity contribution in [3.8, 4) is 0 Å². The molecular weight excluding hydrogens is 98.1 g/mol. The van der Waals surface area contributed by atoms with Gasteiger partial charge in [-0.15, -0.1) is 0 Å². The largest absolute Gasteiger partial charge is 0.263 e. The monoisotopic (exact) mass is 106 g/mol. The Labute approximate surface area is 41.8 Å². The number of hydrogen-bond donors (Lipinski definition) is 0. The smallest absolute Gasteiger partial charge is 0.202 e. The van der Waals surface area contributed by atoms with E-state index in [1.54, 1.807) is 6.92 Å². The summed E-state index contributed by atoms with van der Waals surface area (Å²) in [6.07, 6.45) is 2.19. The fraction of sp³-hybridized carbons (Fsp3) is 0.600. The van der Waals surface area contributed by atoms with Gasteiger partial charge >= 0.3 is 0 Å². The second-order valence-electron chi connectivity index (χ2n) is 1.46. The molecule has 0 aliphatic rings. The van der Waals surface area contributed by atoms with Crippen molar-refractivity contribution in [2.75, 3.05) is 0 Å². The minimum absolute atomic E-state index is 0.854. The van der Waals surface area contributed by atoms with E-state index in [0.29, 0.717) is 0 Å². The van der Waals surface area contributed by atoms with Crippen molar-refractivity contribution in [3.63, 3.8) is 0 Å². The Bertz CT molecular complexity index is 68.6. The minimum Gasteiger partial charge on any atom is -0.202 e. The lowest BCUT2D eigenvalue weighted by Gasteiger charge is -1.98. The molecule has 0 bridgehead atoms. The summed E-state index contributed by atoms with van der Waals surface area (Å²) >= 11 is 0. The lowest BCUT2D eigenvalue weighted by molar-refractivity contribution is 0.0773. The topological polar surface area (TPSA) is 0 Å². The summed E-state index contributed by atoms with van der Waals surface area (Å²) in [6, 6.07) is 0. The van der Waals surface area contributed by atoms with Gasteiger partial charge in [0.15, 0.2) is 0 Å². The molecule has 0 rings (SSSR count). The predicted octanol–water partition coefficient (Wildman–Crippen LogP) is 2.22. The molecule has 0 aromatic heterocycles. The van der Waals surface area contributed by atoms with Crippen molar-refractivity contribution in [1.82, 2.24) is 0 Å². The lowest BCUT2D eigenvalue weighted by atomic mass is 10.3. The second kappa shape index (κ2) is 2.05. The van der Waals surface area contributed by atoms with E-state index in [2.05, 4.69) is 0 Å². The fourth-order valence-corrected chi connectivity index (χ4v) is 0.293. The van der Waals surface area contributed by atoms with Crippen LogP contribution in [-0.2, 0) is 0 Å². The van der Waals surface area contributed by atoms with Crippen LogP contribution < -0.4 is 0 Å². The van der Waals surface area contributed by atoms with Gasteiger partial charge in [-0.2, -0.15) is 0 Å². The second-order valence-corrected chi connectivity index (χ2v) is 1.46. The van der Waals surface area contributed by atoms with Gasteiger partial charge in [0.25, 0.3) is 5.92 Å². The Morgan fingerprint density at radius 2 is 1.86 bits per heavy atom. The van der Waals surface area contributed by atoms with Gasteiger partial charge in [0.2, 0.25) is 0 Å². The van der Waals surface area contributed by atoms with E-state index in [1.807, 2.05) is 0 Å². The van der Waals surface area contributed by atoms with E-state index in [-0.39, 0.29) is 0 Å². The molecular formula is C5H8F2. The average molecular weight is 106 g/mol. The molecule has 0 aromatic rings. The molecule has 0 aliphatic carbocycles. The van der Waals surface area contributed by atoms with Crippen LogP contribution in [0.4, 0.5) is 8.78 Å². The Morgan fingerprint density at radius 1 is 1.43 bits per heavy atom. The highest BCUT2D eigenvalue weighted by Gasteiger charge is 2.13. The zero-order valence-corrected chi connectivity index (χ0v) is 4.41. The number of allylic oxidation sites excluding steroid dienone is 2. The van der Waals surface area contributed by atoms with Crippen molar-refractivity contribution in [2.45, 2.75) is 19.8 Å². The summed E-state index contributed by atoms with van der Waals surface area (Å²) in [5, 5.41) is 0. The maximum atomic E-state index is 11.6. The predicted molar refractivity (Wildman–Crippen MR) is 25.4 cm³/mol. The molecule has 0 nitrogen and oxygen atoms in total. The molecule has 0 saturated carbocycles. The van der Waals surface area contributed by atoms with Gasteiger partial charge < -0.3 is 0 Å². The molecule has 7 heavy (non-hydrogen) atoms. The Balaban J connectivity index is 3.56. The van der Waals surface area contributed by atoms with Crippen molar-refractivity contribution < 1.29 is 8.78 Å². The van der Waals surface area contributed by atoms with Gasteiger partial charge in [0.1, 0.15) is 0 Å². The number of alkyl halides is 2. The highest BCUT2D eigenvalue weighted by molar-refractivity contribution is 4.88. The standard InChI is InChI=1S/C5H8F2/c1-3-4-5(2,6)7/h3-4H,1-2H3/b4-3+. The Hall–Kier alpha value is -0.400. The number of halogens is 2. The van der Waals surface area contributed by atoms with Crippen LogP contribution in [0.15, 0.2) is 12.2 Å². The Morgan fingerprint density at radius 3 is 1.86 bits per heavy atom. The molecule has 0 heterocycles. The molecule has 0 spiro atoms. The molecule has 0 fully saturated rings. The average Bonchev–Trinajstić information content (AvgIpc) is 1.30. The normalized spacial score (nSPS) is 13.1. The van der Waals surface area contributed by atoms with Crippen LogP contribution in [0.1, 0.15) is 13.8 Å². The Kier molecular flexibility index (Phi) is 1.93. The SMILES string of the molecule is C/C=C/C(C)(F)F. The first-order chi connectivity index (χ1) is 3.06. The summed E-state index contributed by atoms with van der Waals surface area (Å²) in [4.78, 5) is 0. The van der Waals surface area contributed by atoms with Crippen molar-refractivity contribution in [2.24, 2.45) is 0 Å². The van der Waals surface area contributed by atoms with E-state index in [1.165, 1.54) is 6.08 Å². The van der Waals surface area contributed by atoms with Crippen LogP contribution in [-0.4, -0.2) is 5.92 Å². The van der Waals surface area contributed by atoms with Crippen LogP contribution in [0.5, 0.6) is 0 Å². The van der Waals surface area contributed by atoms with Crippen molar-refractivity contribution >= 4 is 0 Å². The fourth-order valence-electron chi connectivity index (χ4n) is 0.293. The van der Waals surface area contributed by atoms with Crippen molar-refractivity contribution in [1.29, 1.82) is 0 Å². The highest BCUT2D eigenvalue weighted by Crippen LogP contribution is 2.11. The van der Waals surface area contributed by atoms with E-state index >= 15 is 0 Å². The highest BCUT2D eigenvalue weighted by atomic mass is 19.3. The maximum Gasteiger partial charge on any atom is 0.263 e.